The Bertz CT molecular complexity index is 596. The molecule has 3 nitrogen and oxygen atoms in total. The maximum atomic E-state index is 5.96. The third-order valence-electron chi connectivity index (χ3n) is 3.06. The Morgan fingerprint density at radius 3 is 2.43 bits per heavy atom. The van der Waals surface area contributed by atoms with Crippen molar-refractivity contribution in [2.24, 2.45) is 0 Å². The van der Waals surface area contributed by atoms with Crippen molar-refractivity contribution in [2.45, 2.75) is 26.5 Å². The van der Waals surface area contributed by atoms with Crippen molar-refractivity contribution in [3.63, 3.8) is 0 Å². The van der Waals surface area contributed by atoms with E-state index in [2.05, 4.69) is 4.90 Å². The van der Waals surface area contributed by atoms with Crippen LogP contribution < -0.4 is 15.4 Å². The number of hydrogen-bond donors (Lipinski definition) is 1. The molecule has 0 aromatic heterocycles. The van der Waals surface area contributed by atoms with Gasteiger partial charge >= 0.3 is 0 Å². The first-order valence-corrected chi connectivity index (χ1v) is 7.34. The third-order valence-corrected chi connectivity index (χ3v) is 3.31. The van der Waals surface area contributed by atoms with Gasteiger partial charge in [0.1, 0.15) is 5.75 Å². The normalized spacial score (nSPS) is 10.7. The summed E-state index contributed by atoms with van der Waals surface area (Å²) in [6, 6.07) is 13.6. The average Bonchev–Trinajstić information content (AvgIpc) is 2.40. The Kier molecular flexibility index (Phi) is 4.97. The molecular formula is C17H21ClN2O. The first-order chi connectivity index (χ1) is 9.94. The molecule has 2 rings (SSSR count). The van der Waals surface area contributed by atoms with Gasteiger partial charge in [-0.3, -0.25) is 0 Å². The first-order valence-electron chi connectivity index (χ1n) is 6.97. The van der Waals surface area contributed by atoms with Crippen LogP contribution in [0.25, 0.3) is 0 Å². The van der Waals surface area contributed by atoms with Gasteiger partial charge in [-0.25, -0.2) is 0 Å². The first kappa shape index (κ1) is 15.5. The molecule has 2 aromatic carbocycles. The number of hydrogen-bond acceptors (Lipinski definition) is 3. The number of anilines is 2. The van der Waals surface area contributed by atoms with Crippen LogP contribution in [0.1, 0.15) is 19.4 Å². The minimum absolute atomic E-state index is 0.126. The molecule has 0 aliphatic heterocycles. The van der Waals surface area contributed by atoms with Gasteiger partial charge in [-0.2, -0.15) is 0 Å². The standard InChI is InChI=1S/C17H21ClN2O/c1-12(2)21-17-9-15(19)8-16(10-17)20(3)11-13-4-6-14(18)7-5-13/h4-10,12H,11,19H2,1-3H3. The number of nitrogens with two attached hydrogens (primary N) is 1. The topological polar surface area (TPSA) is 38.5 Å². The van der Waals surface area contributed by atoms with E-state index in [0.29, 0.717) is 5.69 Å². The molecular weight excluding hydrogens is 284 g/mol. The van der Waals surface area contributed by atoms with Gasteiger partial charge < -0.3 is 15.4 Å². The summed E-state index contributed by atoms with van der Waals surface area (Å²) in [5.74, 6) is 0.794. The summed E-state index contributed by atoms with van der Waals surface area (Å²) in [6.07, 6.45) is 0.126. The number of nitrogen functional groups attached to an aromatic ring is 1. The van der Waals surface area contributed by atoms with E-state index < -0.39 is 0 Å². The molecule has 0 fully saturated rings. The van der Waals surface area contributed by atoms with Crippen LogP contribution in [0.3, 0.4) is 0 Å². The third kappa shape index (κ3) is 4.57. The van der Waals surface area contributed by atoms with Gasteiger partial charge in [0.15, 0.2) is 0 Å². The lowest BCUT2D eigenvalue weighted by atomic mass is 10.2. The second kappa shape index (κ2) is 6.72. The molecule has 21 heavy (non-hydrogen) atoms. The van der Waals surface area contributed by atoms with Crippen LogP contribution in [0.4, 0.5) is 11.4 Å². The summed E-state index contributed by atoms with van der Waals surface area (Å²) in [4.78, 5) is 2.13. The summed E-state index contributed by atoms with van der Waals surface area (Å²) in [5, 5.41) is 0.748. The Morgan fingerprint density at radius 2 is 1.81 bits per heavy atom. The fraction of sp³-hybridized carbons (Fsp3) is 0.294. The molecule has 0 aliphatic rings. The van der Waals surface area contributed by atoms with Crippen molar-refractivity contribution in [3.8, 4) is 5.75 Å². The SMILES string of the molecule is CC(C)Oc1cc(N)cc(N(C)Cc2ccc(Cl)cc2)c1. The molecule has 4 heteroatoms. The van der Waals surface area contributed by atoms with Crippen LogP contribution in [-0.2, 0) is 6.54 Å². The maximum Gasteiger partial charge on any atom is 0.123 e. The Hall–Kier alpha value is -1.87. The molecule has 2 N–H and O–H groups in total. The fourth-order valence-electron chi connectivity index (χ4n) is 2.12. The number of ether oxygens (including phenoxy) is 1. The van der Waals surface area contributed by atoms with Gasteiger partial charge in [0, 0.05) is 42.1 Å². The molecule has 0 unspecified atom stereocenters. The van der Waals surface area contributed by atoms with Gasteiger partial charge in [0.25, 0.3) is 0 Å². The highest BCUT2D eigenvalue weighted by Gasteiger charge is 2.07. The van der Waals surface area contributed by atoms with Crippen LogP contribution in [0, 0.1) is 0 Å². The van der Waals surface area contributed by atoms with Gasteiger partial charge in [-0.05, 0) is 37.6 Å². The largest absolute Gasteiger partial charge is 0.491 e. The van der Waals surface area contributed by atoms with Crippen LogP contribution in [-0.4, -0.2) is 13.2 Å². The molecule has 112 valence electrons. The summed E-state index contributed by atoms with van der Waals surface area (Å²) < 4.78 is 5.73. The van der Waals surface area contributed by atoms with E-state index in [1.165, 1.54) is 5.56 Å². The van der Waals surface area contributed by atoms with E-state index in [9.17, 15) is 0 Å². The zero-order chi connectivity index (χ0) is 15.4. The summed E-state index contributed by atoms with van der Waals surface area (Å²) in [7, 11) is 2.03. The summed E-state index contributed by atoms with van der Waals surface area (Å²) >= 11 is 5.91. The molecule has 0 saturated heterocycles. The smallest absolute Gasteiger partial charge is 0.123 e. The molecule has 0 aliphatic carbocycles. The lowest BCUT2D eigenvalue weighted by Gasteiger charge is -2.21. The maximum absolute atomic E-state index is 5.96. The number of halogens is 1. The molecule has 2 aromatic rings. The number of nitrogens with zero attached hydrogens (tertiary/aromatic N) is 1. The van der Waals surface area contributed by atoms with E-state index in [4.69, 9.17) is 22.1 Å². The highest BCUT2D eigenvalue weighted by atomic mass is 35.5. The van der Waals surface area contributed by atoms with Crippen molar-refractivity contribution < 1.29 is 4.74 Å². The van der Waals surface area contributed by atoms with Crippen molar-refractivity contribution in [1.29, 1.82) is 0 Å². The van der Waals surface area contributed by atoms with Gasteiger partial charge in [0.2, 0.25) is 0 Å². The monoisotopic (exact) mass is 304 g/mol. The highest BCUT2D eigenvalue weighted by Crippen LogP contribution is 2.26. The number of benzene rings is 2. The van der Waals surface area contributed by atoms with E-state index in [1.807, 2.05) is 63.4 Å². The Morgan fingerprint density at radius 1 is 1.14 bits per heavy atom. The molecule has 0 amide bonds. The minimum Gasteiger partial charge on any atom is -0.491 e. The van der Waals surface area contributed by atoms with Gasteiger partial charge in [0.05, 0.1) is 6.10 Å². The molecule has 0 radical (unpaired) electrons. The average molecular weight is 305 g/mol. The van der Waals surface area contributed by atoms with Crippen LogP contribution in [0.5, 0.6) is 5.75 Å². The quantitative estimate of drug-likeness (QED) is 0.835. The number of rotatable bonds is 5. The molecule has 0 saturated carbocycles. The predicted octanol–water partition coefficient (Wildman–Crippen LogP) is 4.35. The van der Waals surface area contributed by atoms with Crippen LogP contribution in [0.15, 0.2) is 42.5 Å². The van der Waals surface area contributed by atoms with Crippen molar-refractivity contribution >= 4 is 23.0 Å². The minimum atomic E-state index is 0.126. The summed E-state index contributed by atoms with van der Waals surface area (Å²) in [6.45, 7) is 4.78. The van der Waals surface area contributed by atoms with Crippen LogP contribution in [0.2, 0.25) is 5.02 Å². The molecule has 0 bridgehead atoms. The zero-order valence-corrected chi connectivity index (χ0v) is 13.4. The Balaban J connectivity index is 2.16. The van der Waals surface area contributed by atoms with E-state index in [-0.39, 0.29) is 6.10 Å². The van der Waals surface area contributed by atoms with Crippen molar-refractivity contribution in [1.82, 2.24) is 0 Å². The highest BCUT2D eigenvalue weighted by molar-refractivity contribution is 6.30. The van der Waals surface area contributed by atoms with Gasteiger partial charge in [-0.1, -0.05) is 23.7 Å². The second-order valence-corrected chi connectivity index (χ2v) is 5.85. The van der Waals surface area contributed by atoms with Gasteiger partial charge in [-0.15, -0.1) is 0 Å². The van der Waals surface area contributed by atoms with E-state index >= 15 is 0 Å². The predicted molar refractivity (Wildman–Crippen MR) is 90.2 cm³/mol. The lowest BCUT2D eigenvalue weighted by Crippen LogP contribution is -2.17. The second-order valence-electron chi connectivity index (χ2n) is 5.41. The summed E-state index contributed by atoms with van der Waals surface area (Å²) in [5.41, 5.74) is 8.88. The molecule has 0 heterocycles. The molecule has 0 spiro atoms. The van der Waals surface area contributed by atoms with Crippen LogP contribution >= 0.6 is 11.6 Å². The fourth-order valence-corrected chi connectivity index (χ4v) is 2.25. The zero-order valence-electron chi connectivity index (χ0n) is 12.6. The van der Waals surface area contributed by atoms with Crippen molar-refractivity contribution in [3.05, 3.63) is 53.1 Å². The Labute approximate surface area is 131 Å². The molecule has 0 atom stereocenters. The van der Waals surface area contributed by atoms with Crippen molar-refractivity contribution in [2.75, 3.05) is 17.7 Å². The van der Waals surface area contributed by atoms with E-state index in [1.54, 1.807) is 0 Å². The van der Waals surface area contributed by atoms with E-state index in [0.717, 1.165) is 23.0 Å². The lowest BCUT2D eigenvalue weighted by molar-refractivity contribution is 0.242.